The summed E-state index contributed by atoms with van der Waals surface area (Å²) in [6.07, 6.45) is 6.13. The second kappa shape index (κ2) is 7.07. The van der Waals surface area contributed by atoms with Gasteiger partial charge in [0.2, 0.25) is 5.88 Å². The van der Waals surface area contributed by atoms with Crippen LogP contribution in [0.15, 0.2) is 18.2 Å². The Balaban J connectivity index is 2.39. The molecule has 4 nitrogen and oxygen atoms in total. The highest BCUT2D eigenvalue weighted by molar-refractivity contribution is 6.36. The molecule has 1 N–H and O–H groups in total. The number of benzene rings is 1. The third-order valence-electron chi connectivity index (χ3n) is 3.16. The number of phenols is 1. The Labute approximate surface area is 139 Å². The fourth-order valence-corrected chi connectivity index (χ4v) is 2.46. The van der Waals surface area contributed by atoms with Crippen LogP contribution in [0.3, 0.4) is 0 Å². The van der Waals surface area contributed by atoms with Gasteiger partial charge in [-0.25, -0.2) is 4.68 Å². The molecule has 1 heterocycles. The maximum absolute atomic E-state index is 9.71. The lowest BCUT2D eigenvalue weighted by Crippen LogP contribution is -1.96. The van der Waals surface area contributed by atoms with E-state index in [2.05, 4.69) is 18.1 Å². The first-order valence-electron chi connectivity index (χ1n) is 7.00. The number of halogens is 2. The summed E-state index contributed by atoms with van der Waals surface area (Å²) in [5, 5.41) is 14.6. The number of ether oxygens (including phenoxy) is 1. The average Bonchev–Trinajstić information content (AvgIpc) is 2.71. The number of aromatic hydroxyl groups is 1. The average molecular weight is 341 g/mol. The van der Waals surface area contributed by atoms with Crippen molar-refractivity contribution in [3.05, 3.63) is 39.5 Å². The Kier molecular flexibility index (Phi) is 5.37. The van der Waals surface area contributed by atoms with Crippen LogP contribution in [-0.4, -0.2) is 14.9 Å². The summed E-state index contributed by atoms with van der Waals surface area (Å²) in [5.74, 6) is 0.813. The zero-order valence-electron chi connectivity index (χ0n) is 12.7. The van der Waals surface area contributed by atoms with Crippen molar-refractivity contribution >= 4 is 29.3 Å². The third kappa shape index (κ3) is 3.57. The molecule has 6 heteroatoms. The van der Waals surface area contributed by atoms with Gasteiger partial charge < -0.3 is 9.84 Å². The van der Waals surface area contributed by atoms with E-state index >= 15 is 0 Å². The van der Waals surface area contributed by atoms with E-state index in [1.807, 2.05) is 13.0 Å². The van der Waals surface area contributed by atoms with Gasteiger partial charge in [0.25, 0.3) is 0 Å². The standard InChI is InChI=1S/C16H18Cl2N2O2/c1-4-5-6-7-11-10(2)19-20(3)16(11)22-15-9-14(21)12(17)8-13(15)18/h6-9,21H,4-5H2,1-3H3. The number of nitrogens with zero attached hydrogens (tertiary/aromatic N) is 2. The van der Waals surface area contributed by atoms with Crippen molar-refractivity contribution in [2.24, 2.45) is 7.05 Å². The highest BCUT2D eigenvalue weighted by Gasteiger charge is 2.16. The minimum Gasteiger partial charge on any atom is -0.506 e. The van der Waals surface area contributed by atoms with Crippen molar-refractivity contribution in [1.82, 2.24) is 9.78 Å². The molecule has 1 aromatic carbocycles. The molecule has 118 valence electrons. The Morgan fingerprint density at radius 2 is 2.05 bits per heavy atom. The molecule has 0 bridgehead atoms. The number of hydrogen-bond donors (Lipinski definition) is 1. The van der Waals surface area contributed by atoms with E-state index in [9.17, 15) is 5.11 Å². The topological polar surface area (TPSA) is 47.3 Å². The number of aromatic nitrogens is 2. The van der Waals surface area contributed by atoms with Crippen LogP contribution < -0.4 is 4.74 Å². The number of aryl methyl sites for hydroxylation is 2. The fourth-order valence-electron chi connectivity index (χ4n) is 2.03. The summed E-state index contributed by atoms with van der Waals surface area (Å²) >= 11 is 11.9. The van der Waals surface area contributed by atoms with E-state index in [4.69, 9.17) is 27.9 Å². The van der Waals surface area contributed by atoms with Gasteiger partial charge in [-0.3, -0.25) is 0 Å². The fraction of sp³-hybridized carbons (Fsp3) is 0.312. The van der Waals surface area contributed by atoms with Gasteiger partial charge in [0.15, 0.2) is 5.75 Å². The molecule has 1 aromatic heterocycles. The summed E-state index contributed by atoms with van der Waals surface area (Å²) in [6, 6.07) is 2.84. The Morgan fingerprint density at radius 3 is 2.73 bits per heavy atom. The molecular formula is C16H18Cl2N2O2. The van der Waals surface area contributed by atoms with Gasteiger partial charge in [0.05, 0.1) is 21.3 Å². The number of unbranched alkanes of at least 4 members (excludes halogenated alkanes) is 1. The molecule has 0 atom stereocenters. The third-order valence-corrected chi connectivity index (χ3v) is 3.76. The lowest BCUT2D eigenvalue weighted by molar-refractivity contribution is 0.422. The van der Waals surface area contributed by atoms with Crippen LogP contribution in [0.5, 0.6) is 17.4 Å². The molecule has 0 fully saturated rings. The first-order valence-corrected chi connectivity index (χ1v) is 7.75. The zero-order chi connectivity index (χ0) is 16.3. The van der Waals surface area contributed by atoms with Crippen LogP contribution in [-0.2, 0) is 7.05 Å². The lowest BCUT2D eigenvalue weighted by atomic mass is 10.2. The molecular weight excluding hydrogens is 323 g/mol. The van der Waals surface area contributed by atoms with Gasteiger partial charge in [0, 0.05) is 13.1 Å². The molecule has 0 saturated heterocycles. The monoisotopic (exact) mass is 340 g/mol. The van der Waals surface area contributed by atoms with Gasteiger partial charge >= 0.3 is 0 Å². The van der Waals surface area contributed by atoms with Gasteiger partial charge in [-0.1, -0.05) is 48.7 Å². The number of phenolic OH excluding ortho intramolecular Hbond substituents is 1. The second-order valence-corrected chi connectivity index (χ2v) is 5.77. The van der Waals surface area contributed by atoms with Gasteiger partial charge in [-0.05, 0) is 19.4 Å². The van der Waals surface area contributed by atoms with E-state index in [-0.39, 0.29) is 10.8 Å². The summed E-state index contributed by atoms with van der Waals surface area (Å²) in [5.41, 5.74) is 1.75. The van der Waals surface area contributed by atoms with Crippen LogP contribution in [0.2, 0.25) is 10.0 Å². The normalized spacial score (nSPS) is 11.3. The first-order chi connectivity index (χ1) is 10.4. The number of rotatable bonds is 5. The maximum Gasteiger partial charge on any atom is 0.225 e. The molecule has 0 saturated carbocycles. The molecule has 0 aliphatic heterocycles. The smallest absolute Gasteiger partial charge is 0.225 e. The molecule has 0 radical (unpaired) electrons. The minimum atomic E-state index is -0.0805. The summed E-state index contributed by atoms with van der Waals surface area (Å²) in [4.78, 5) is 0. The Morgan fingerprint density at radius 1 is 1.32 bits per heavy atom. The van der Waals surface area contributed by atoms with Crippen molar-refractivity contribution in [2.75, 3.05) is 0 Å². The van der Waals surface area contributed by atoms with E-state index in [1.165, 1.54) is 12.1 Å². The number of hydrogen-bond acceptors (Lipinski definition) is 3. The van der Waals surface area contributed by atoms with Gasteiger partial charge in [0.1, 0.15) is 5.75 Å². The molecule has 0 spiro atoms. The highest BCUT2D eigenvalue weighted by Crippen LogP contribution is 2.38. The van der Waals surface area contributed by atoms with Crippen LogP contribution >= 0.6 is 23.2 Å². The Hall–Kier alpha value is -1.65. The minimum absolute atomic E-state index is 0.0805. The largest absolute Gasteiger partial charge is 0.506 e. The van der Waals surface area contributed by atoms with E-state index in [1.54, 1.807) is 11.7 Å². The van der Waals surface area contributed by atoms with E-state index in [0.717, 1.165) is 24.1 Å². The van der Waals surface area contributed by atoms with Crippen molar-refractivity contribution < 1.29 is 9.84 Å². The molecule has 22 heavy (non-hydrogen) atoms. The molecule has 0 amide bonds. The summed E-state index contributed by atoms with van der Waals surface area (Å²) in [6.45, 7) is 4.04. The predicted molar refractivity (Wildman–Crippen MR) is 90.1 cm³/mol. The lowest BCUT2D eigenvalue weighted by Gasteiger charge is -2.10. The molecule has 0 unspecified atom stereocenters. The summed E-state index contributed by atoms with van der Waals surface area (Å²) < 4.78 is 7.50. The van der Waals surface area contributed by atoms with Crippen molar-refractivity contribution in [2.45, 2.75) is 26.7 Å². The van der Waals surface area contributed by atoms with E-state index < -0.39 is 0 Å². The maximum atomic E-state index is 9.71. The van der Waals surface area contributed by atoms with E-state index in [0.29, 0.717) is 16.7 Å². The van der Waals surface area contributed by atoms with Gasteiger partial charge in [-0.2, -0.15) is 5.10 Å². The predicted octanol–water partition coefficient (Wildman–Crippen LogP) is 5.35. The molecule has 2 aromatic rings. The van der Waals surface area contributed by atoms with Crippen LogP contribution in [0.4, 0.5) is 0 Å². The zero-order valence-corrected chi connectivity index (χ0v) is 14.2. The summed E-state index contributed by atoms with van der Waals surface area (Å²) in [7, 11) is 1.79. The van der Waals surface area contributed by atoms with Crippen molar-refractivity contribution in [1.29, 1.82) is 0 Å². The van der Waals surface area contributed by atoms with Gasteiger partial charge in [-0.15, -0.1) is 0 Å². The molecule has 2 rings (SSSR count). The SMILES string of the molecule is CCCC=Cc1c(C)nn(C)c1Oc1cc(O)c(Cl)cc1Cl. The number of allylic oxidation sites excluding steroid dienone is 1. The second-order valence-electron chi connectivity index (χ2n) is 4.95. The molecule has 0 aliphatic rings. The van der Waals surface area contributed by atoms with Crippen LogP contribution in [0.25, 0.3) is 6.08 Å². The highest BCUT2D eigenvalue weighted by atomic mass is 35.5. The van der Waals surface area contributed by atoms with Crippen molar-refractivity contribution in [3.63, 3.8) is 0 Å². The molecule has 0 aliphatic carbocycles. The van der Waals surface area contributed by atoms with Crippen LogP contribution in [0, 0.1) is 6.92 Å². The first kappa shape index (κ1) is 16.7. The quantitative estimate of drug-likeness (QED) is 0.798. The Bertz CT molecular complexity index is 709. The van der Waals surface area contributed by atoms with Crippen molar-refractivity contribution in [3.8, 4) is 17.4 Å². The van der Waals surface area contributed by atoms with Crippen LogP contribution in [0.1, 0.15) is 31.0 Å².